The Morgan fingerprint density at radius 2 is 2.00 bits per heavy atom. The Morgan fingerprint density at radius 1 is 1.24 bits per heavy atom. The normalized spacial score (nSPS) is 14.3. The standard InChI is InChI=1S/C15H16N4O2/c16-19-15(20)14-9-17-8-13(18-14)10-4-6-12(7-5-10)21-11-2-1-3-11/h4-9,11H,1-3,16H2,(H,19,20). The molecule has 0 aliphatic heterocycles. The number of rotatable bonds is 4. The fraction of sp³-hybridized carbons (Fsp3) is 0.267. The predicted octanol–water partition coefficient (Wildman–Crippen LogP) is 1.68. The number of nitrogen functional groups attached to an aromatic ring is 1. The number of amides is 1. The molecule has 0 saturated heterocycles. The molecule has 1 aliphatic carbocycles. The van der Waals surface area contributed by atoms with Crippen LogP contribution in [0, 0.1) is 0 Å². The van der Waals surface area contributed by atoms with Crippen LogP contribution in [-0.4, -0.2) is 22.0 Å². The molecule has 2 aromatic rings. The van der Waals surface area contributed by atoms with Crippen molar-refractivity contribution in [3.8, 4) is 17.0 Å². The minimum atomic E-state index is -0.464. The van der Waals surface area contributed by atoms with E-state index in [1.54, 1.807) is 6.20 Å². The first kappa shape index (κ1) is 13.5. The van der Waals surface area contributed by atoms with Gasteiger partial charge in [-0.2, -0.15) is 0 Å². The fourth-order valence-corrected chi connectivity index (χ4v) is 2.07. The minimum absolute atomic E-state index is 0.185. The van der Waals surface area contributed by atoms with Crippen molar-refractivity contribution in [3.05, 3.63) is 42.4 Å². The number of nitrogens with one attached hydrogen (secondary N) is 1. The quantitative estimate of drug-likeness (QED) is 0.506. The van der Waals surface area contributed by atoms with Crippen molar-refractivity contribution in [3.63, 3.8) is 0 Å². The Morgan fingerprint density at radius 3 is 2.62 bits per heavy atom. The SMILES string of the molecule is NNC(=O)c1cncc(-c2ccc(OC3CCC3)cc2)n1. The van der Waals surface area contributed by atoms with Crippen LogP contribution < -0.4 is 16.0 Å². The largest absolute Gasteiger partial charge is 0.490 e. The number of carbonyl (C=O) groups excluding carboxylic acids is 1. The Bertz CT molecular complexity index is 638. The summed E-state index contributed by atoms with van der Waals surface area (Å²) in [4.78, 5) is 19.7. The van der Waals surface area contributed by atoms with Gasteiger partial charge in [-0.15, -0.1) is 0 Å². The summed E-state index contributed by atoms with van der Waals surface area (Å²) in [5.41, 5.74) is 3.71. The molecule has 1 saturated carbocycles. The number of hydrogen-bond acceptors (Lipinski definition) is 5. The number of nitrogens with zero attached hydrogens (tertiary/aromatic N) is 2. The van der Waals surface area contributed by atoms with E-state index in [2.05, 4.69) is 9.97 Å². The van der Waals surface area contributed by atoms with E-state index in [9.17, 15) is 4.79 Å². The third kappa shape index (κ3) is 3.00. The number of hydrazine groups is 1. The van der Waals surface area contributed by atoms with E-state index in [0.717, 1.165) is 24.2 Å². The second-order valence-corrected chi connectivity index (χ2v) is 4.96. The average molecular weight is 284 g/mol. The summed E-state index contributed by atoms with van der Waals surface area (Å²) in [6.07, 6.45) is 6.84. The van der Waals surface area contributed by atoms with Crippen LogP contribution >= 0.6 is 0 Å². The van der Waals surface area contributed by atoms with E-state index in [1.165, 1.54) is 12.6 Å². The molecule has 6 nitrogen and oxygen atoms in total. The van der Waals surface area contributed by atoms with Crippen LogP contribution in [0.5, 0.6) is 5.75 Å². The van der Waals surface area contributed by atoms with Crippen molar-refractivity contribution in [2.75, 3.05) is 0 Å². The van der Waals surface area contributed by atoms with Gasteiger partial charge >= 0.3 is 0 Å². The van der Waals surface area contributed by atoms with Crippen molar-refractivity contribution in [1.29, 1.82) is 0 Å². The number of hydrogen-bond donors (Lipinski definition) is 2. The molecule has 21 heavy (non-hydrogen) atoms. The van der Waals surface area contributed by atoms with Gasteiger partial charge in [-0.1, -0.05) is 0 Å². The predicted molar refractivity (Wildman–Crippen MR) is 77.4 cm³/mol. The maximum Gasteiger partial charge on any atom is 0.285 e. The summed E-state index contributed by atoms with van der Waals surface area (Å²) < 4.78 is 5.80. The molecule has 3 rings (SSSR count). The molecule has 0 bridgehead atoms. The van der Waals surface area contributed by atoms with Crippen molar-refractivity contribution in [2.45, 2.75) is 25.4 Å². The highest BCUT2D eigenvalue weighted by Gasteiger charge is 2.18. The monoisotopic (exact) mass is 284 g/mol. The number of nitrogens with two attached hydrogens (primary N) is 1. The molecule has 1 aromatic carbocycles. The van der Waals surface area contributed by atoms with Crippen LogP contribution in [0.1, 0.15) is 29.8 Å². The van der Waals surface area contributed by atoms with Crippen LogP contribution in [0.3, 0.4) is 0 Å². The van der Waals surface area contributed by atoms with Crippen LogP contribution in [0.15, 0.2) is 36.7 Å². The van der Waals surface area contributed by atoms with E-state index in [0.29, 0.717) is 11.8 Å². The van der Waals surface area contributed by atoms with Crippen LogP contribution in [0.4, 0.5) is 0 Å². The smallest absolute Gasteiger partial charge is 0.285 e. The lowest BCUT2D eigenvalue weighted by Crippen LogP contribution is -2.30. The van der Waals surface area contributed by atoms with Gasteiger partial charge in [-0.05, 0) is 43.5 Å². The van der Waals surface area contributed by atoms with Crippen molar-refractivity contribution in [2.24, 2.45) is 5.84 Å². The van der Waals surface area contributed by atoms with Gasteiger partial charge in [0.1, 0.15) is 11.4 Å². The van der Waals surface area contributed by atoms with E-state index in [-0.39, 0.29) is 5.69 Å². The molecule has 1 amide bonds. The molecular weight excluding hydrogens is 268 g/mol. The maximum absolute atomic E-state index is 11.5. The minimum Gasteiger partial charge on any atom is -0.490 e. The molecule has 0 radical (unpaired) electrons. The lowest BCUT2D eigenvalue weighted by Gasteiger charge is -2.26. The van der Waals surface area contributed by atoms with Gasteiger partial charge in [-0.3, -0.25) is 15.2 Å². The van der Waals surface area contributed by atoms with Gasteiger partial charge in [0.15, 0.2) is 0 Å². The summed E-state index contributed by atoms with van der Waals surface area (Å²) in [6, 6.07) is 7.63. The molecule has 0 spiro atoms. The summed E-state index contributed by atoms with van der Waals surface area (Å²) in [5, 5.41) is 0. The van der Waals surface area contributed by atoms with E-state index < -0.39 is 5.91 Å². The molecule has 1 heterocycles. The van der Waals surface area contributed by atoms with Crippen molar-refractivity contribution in [1.82, 2.24) is 15.4 Å². The summed E-state index contributed by atoms with van der Waals surface area (Å²) in [6.45, 7) is 0. The number of aromatic nitrogens is 2. The molecule has 3 N–H and O–H groups in total. The number of benzene rings is 1. The maximum atomic E-state index is 11.5. The molecular formula is C15H16N4O2. The van der Waals surface area contributed by atoms with Gasteiger partial charge in [0.2, 0.25) is 0 Å². The van der Waals surface area contributed by atoms with Gasteiger partial charge in [0, 0.05) is 5.56 Å². The zero-order chi connectivity index (χ0) is 14.7. The Labute approximate surface area is 122 Å². The molecule has 1 fully saturated rings. The molecule has 1 aliphatic rings. The number of carbonyl (C=O) groups is 1. The highest BCUT2D eigenvalue weighted by molar-refractivity contribution is 5.91. The Kier molecular flexibility index (Phi) is 3.79. The topological polar surface area (TPSA) is 90.1 Å². The first-order valence-electron chi connectivity index (χ1n) is 6.86. The molecule has 1 aromatic heterocycles. The lowest BCUT2D eigenvalue weighted by molar-refractivity contribution is 0.0948. The zero-order valence-corrected chi connectivity index (χ0v) is 11.5. The summed E-state index contributed by atoms with van der Waals surface area (Å²) in [7, 11) is 0. The number of ether oxygens (including phenoxy) is 1. The van der Waals surface area contributed by atoms with Gasteiger partial charge in [0.05, 0.1) is 24.2 Å². The van der Waals surface area contributed by atoms with Crippen molar-refractivity contribution >= 4 is 5.91 Å². The van der Waals surface area contributed by atoms with Crippen LogP contribution in [0.2, 0.25) is 0 Å². The van der Waals surface area contributed by atoms with Gasteiger partial charge in [-0.25, -0.2) is 10.8 Å². The first-order chi connectivity index (χ1) is 10.3. The fourth-order valence-electron chi connectivity index (χ4n) is 2.07. The second-order valence-electron chi connectivity index (χ2n) is 4.96. The second kappa shape index (κ2) is 5.88. The Hall–Kier alpha value is -2.47. The molecule has 108 valence electrons. The molecule has 6 heteroatoms. The highest BCUT2D eigenvalue weighted by atomic mass is 16.5. The zero-order valence-electron chi connectivity index (χ0n) is 11.5. The van der Waals surface area contributed by atoms with Crippen LogP contribution in [-0.2, 0) is 0 Å². The van der Waals surface area contributed by atoms with E-state index in [4.69, 9.17) is 10.6 Å². The van der Waals surface area contributed by atoms with E-state index in [1.807, 2.05) is 29.7 Å². The summed E-state index contributed by atoms with van der Waals surface area (Å²) >= 11 is 0. The van der Waals surface area contributed by atoms with Gasteiger partial charge in [0.25, 0.3) is 5.91 Å². The van der Waals surface area contributed by atoms with Crippen molar-refractivity contribution < 1.29 is 9.53 Å². The first-order valence-corrected chi connectivity index (χ1v) is 6.86. The average Bonchev–Trinajstić information content (AvgIpc) is 2.51. The van der Waals surface area contributed by atoms with Crippen LogP contribution in [0.25, 0.3) is 11.3 Å². The summed E-state index contributed by atoms with van der Waals surface area (Å²) in [5.74, 6) is 5.48. The third-order valence-corrected chi connectivity index (χ3v) is 3.50. The Balaban J connectivity index is 1.78. The third-order valence-electron chi connectivity index (χ3n) is 3.50. The molecule has 0 atom stereocenters. The van der Waals surface area contributed by atoms with E-state index >= 15 is 0 Å². The molecule has 0 unspecified atom stereocenters. The lowest BCUT2D eigenvalue weighted by atomic mass is 9.96. The highest BCUT2D eigenvalue weighted by Crippen LogP contribution is 2.26. The van der Waals surface area contributed by atoms with Gasteiger partial charge < -0.3 is 4.74 Å².